The molecule has 3 nitrogen and oxygen atoms in total. The summed E-state index contributed by atoms with van der Waals surface area (Å²) in [6.45, 7) is 0. The van der Waals surface area contributed by atoms with Gasteiger partial charge < -0.3 is 4.57 Å². The lowest BCUT2D eigenvalue weighted by atomic mass is 10.1. The summed E-state index contributed by atoms with van der Waals surface area (Å²) in [5.74, 6) is -2.16. The fraction of sp³-hybridized carbons (Fsp3) is 0.0909. The highest BCUT2D eigenvalue weighted by Crippen LogP contribution is 2.21. The van der Waals surface area contributed by atoms with Gasteiger partial charge >= 0.3 is 0 Å². The Morgan fingerprint density at radius 2 is 2.00 bits per heavy atom. The van der Waals surface area contributed by atoms with Gasteiger partial charge in [-0.05, 0) is 12.1 Å². The number of halogens is 2. The molecule has 0 spiro atoms. The highest BCUT2D eigenvalue weighted by molar-refractivity contribution is 5.62. The minimum atomic E-state index is -1.15. The normalized spacial score (nSPS) is 10.4. The second-order valence-corrected chi connectivity index (χ2v) is 3.33. The molecule has 0 aromatic carbocycles. The maximum atomic E-state index is 13.4. The second-order valence-electron chi connectivity index (χ2n) is 3.33. The molecule has 0 unspecified atom stereocenters. The quantitative estimate of drug-likeness (QED) is 0.688. The average molecular weight is 222 g/mol. The Morgan fingerprint density at radius 3 is 2.69 bits per heavy atom. The van der Waals surface area contributed by atoms with E-state index in [2.05, 4.69) is 4.98 Å². The molecule has 0 atom stereocenters. The lowest BCUT2D eigenvalue weighted by molar-refractivity contribution is 0.481. The summed E-state index contributed by atoms with van der Waals surface area (Å²) in [4.78, 5) is 14.3. The van der Waals surface area contributed by atoms with E-state index < -0.39 is 11.8 Å². The zero-order chi connectivity index (χ0) is 11.7. The van der Waals surface area contributed by atoms with Gasteiger partial charge in [0.25, 0.3) is 0 Å². The van der Waals surface area contributed by atoms with E-state index >= 15 is 0 Å². The van der Waals surface area contributed by atoms with E-state index in [4.69, 9.17) is 0 Å². The Labute approximate surface area is 90.0 Å². The zero-order valence-electron chi connectivity index (χ0n) is 8.45. The van der Waals surface area contributed by atoms with Crippen molar-refractivity contribution >= 4 is 0 Å². The molecule has 82 valence electrons. The second kappa shape index (κ2) is 3.84. The molecule has 0 fully saturated rings. The van der Waals surface area contributed by atoms with E-state index in [1.54, 1.807) is 7.05 Å². The Hall–Kier alpha value is -2.04. The standard InChI is InChI=1S/C11H8F2N2O/c1-15-6-7(2-3-9(15)16)8-4-5-14-11(13)10(8)12/h2-6H,1H3. The Kier molecular flexibility index (Phi) is 2.52. The third-order valence-electron chi connectivity index (χ3n) is 2.24. The lowest BCUT2D eigenvalue weighted by Gasteiger charge is -2.04. The number of hydrogen-bond acceptors (Lipinski definition) is 2. The first-order valence-corrected chi connectivity index (χ1v) is 4.56. The molecule has 0 bridgehead atoms. The number of nitrogens with zero attached hydrogens (tertiary/aromatic N) is 2. The maximum Gasteiger partial charge on any atom is 0.250 e. The summed E-state index contributed by atoms with van der Waals surface area (Å²) < 4.78 is 27.6. The van der Waals surface area contributed by atoms with Crippen molar-refractivity contribution < 1.29 is 8.78 Å². The summed E-state index contributed by atoms with van der Waals surface area (Å²) in [7, 11) is 1.54. The van der Waals surface area contributed by atoms with Crippen molar-refractivity contribution in [2.24, 2.45) is 7.05 Å². The SMILES string of the molecule is Cn1cc(-c2ccnc(F)c2F)ccc1=O. The first-order valence-electron chi connectivity index (χ1n) is 4.56. The van der Waals surface area contributed by atoms with E-state index in [0.717, 1.165) is 0 Å². The summed E-state index contributed by atoms with van der Waals surface area (Å²) in [6.07, 6.45) is 2.62. The number of aromatic nitrogens is 2. The third-order valence-corrected chi connectivity index (χ3v) is 2.24. The molecule has 0 aliphatic heterocycles. The predicted octanol–water partition coefficient (Wildman–Crippen LogP) is 1.73. The van der Waals surface area contributed by atoms with Crippen LogP contribution in [0.4, 0.5) is 8.78 Å². The third kappa shape index (κ3) is 1.71. The van der Waals surface area contributed by atoms with Gasteiger partial charge in [0.05, 0.1) is 0 Å². The van der Waals surface area contributed by atoms with Gasteiger partial charge in [-0.1, -0.05) is 0 Å². The molecule has 0 N–H and O–H groups in total. The van der Waals surface area contributed by atoms with E-state index in [9.17, 15) is 13.6 Å². The van der Waals surface area contributed by atoms with Gasteiger partial charge in [-0.2, -0.15) is 4.39 Å². The molecular formula is C11H8F2N2O. The summed E-state index contributed by atoms with van der Waals surface area (Å²) >= 11 is 0. The van der Waals surface area contributed by atoms with Crippen molar-refractivity contribution in [2.45, 2.75) is 0 Å². The van der Waals surface area contributed by atoms with Crippen LogP contribution in [0.1, 0.15) is 0 Å². The molecule has 0 amide bonds. The zero-order valence-corrected chi connectivity index (χ0v) is 8.45. The van der Waals surface area contributed by atoms with Crippen molar-refractivity contribution in [3.8, 4) is 11.1 Å². The highest BCUT2D eigenvalue weighted by atomic mass is 19.2. The minimum absolute atomic E-state index is 0.0862. The maximum absolute atomic E-state index is 13.4. The van der Waals surface area contributed by atoms with E-state index in [1.165, 1.54) is 35.2 Å². The molecule has 0 saturated heterocycles. The Balaban J connectivity index is 2.63. The van der Waals surface area contributed by atoms with Crippen LogP contribution in [-0.4, -0.2) is 9.55 Å². The van der Waals surface area contributed by atoms with Gasteiger partial charge in [0.1, 0.15) is 0 Å². The molecular weight excluding hydrogens is 214 g/mol. The van der Waals surface area contributed by atoms with Crippen LogP contribution < -0.4 is 5.56 Å². The minimum Gasteiger partial charge on any atom is -0.318 e. The van der Waals surface area contributed by atoms with Crippen LogP contribution in [0.5, 0.6) is 0 Å². The van der Waals surface area contributed by atoms with Crippen LogP contribution in [0.2, 0.25) is 0 Å². The van der Waals surface area contributed by atoms with Gasteiger partial charge in [0.15, 0.2) is 5.82 Å². The Morgan fingerprint density at radius 1 is 1.25 bits per heavy atom. The summed E-state index contributed by atoms with van der Waals surface area (Å²) in [5, 5.41) is 0. The van der Waals surface area contributed by atoms with Crippen LogP contribution in [0, 0.1) is 11.8 Å². The molecule has 2 aromatic rings. The van der Waals surface area contributed by atoms with Crippen molar-refractivity contribution in [3.05, 3.63) is 52.7 Å². The molecule has 2 rings (SSSR count). The molecule has 0 saturated carbocycles. The average Bonchev–Trinajstić information content (AvgIpc) is 2.26. The molecule has 0 aliphatic rings. The van der Waals surface area contributed by atoms with Crippen molar-refractivity contribution in [3.63, 3.8) is 0 Å². The molecule has 2 aromatic heterocycles. The lowest BCUT2D eigenvalue weighted by Crippen LogP contribution is -2.14. The number of aryl methyl sites for hydroxylation is 1. The van der Waals surface area contributed by atoms with Crippen LogP contribution in [0.15, 0.2) is 35.4 Å². The van der Waals surface area contributed by atoms with Crippen LogP contribution in [0.25, 0.3) is 11.1 Å². The van der Waals surface area contributed by atoms with Gasteiger partial charge in [0, 0.05) is 36.6 Å². The molecule has 5 heteroatoms. The number of pyridine rings is 2. The largest absolute Gasteiger partial charge is 0.318 e. The topological polar surface area (TPSA) is 34.9 Å². The van der Waals surface area contributed by atoms with Crippen molar-refractivity contribution in [1.29, 1.82) is 0 Å². The van der Waals surface area contributed by atoms with Crippen LogP contribution >= 0.6 is 0 Å². The van der Waals surface area contributed by atoms with Crippen LogP contribution in [-0.2, 0) is 7.05 Å². The van der Waals surface area contributed by atoms with Crippen LogP contribution in [0.3, 0.4) is 0 Å². The first-order chi connectivity index (χ1) is 7.59. The number of hydrogen-bond donors (Lipinski definition) is 0. The fourth-order valence-corrected chi connectivity index (χ4v) is 1.39. The van der Waals surface area contributed by atoms with Crippen molar-refractivity contribution in [2.75, 3.05) is 0 Å². The summed E-state index contributed by atoms with van der Waals surface area (Å²) in [6, 6.07) is 4.10. The molecule has 0 aliphatic carbocycles. The molecule has 2 heterocycles. The Bertz CT molecular complexity index is 593. The van der Waals surface area contributed by atoms with Gasteiger partial charge in [-0.3, -0.25) is 4.79 Å². The molecule has 16 heavy (non-hydrogen) atoms. The van der Waals surface area contributed by atoms with E-state index in [0.29, 0.717) is 5.56 Å². The van der Waals surface area contributed by atoms with Gasteiger partial charge in [-0.25, -0.2) is 9.37 Å². The van der Waals surface area contributed by atoms with E-state index in [1.807, 2.05) is 0 Å². The smallest absolute Gasteiger partial charge is 0.250 e. The number of rotatable bonds is 1. The summed E-state index contributed by atoms with van der Waals surface area (Å²) in [5.41, 5.74) is 0.308. The fourth-order valence-electron chi connectivity index (χ4n) is 1.39. The molecule has 0 radical (unpaired) electrons. The monoisotopic (exact) mass is 222 g/mol. The van der Waals surface area contributed by atoms with Gasteiger partial charge in [0.2, 0.25) is 11.5 Å². The van der Waals surface area contributed by atoms with E-state index in [-0.39, 0.29) is 11.1 Å². The van der Waals surface area contributed by atoms with Crippen molar-refractivity contribution in [1.82, 2.24) is 9.55 Å². The highest BCUT2D eigenvalue weighted by Gasteiger charge is 2.10. The van der Waals surface area contributed by atoms with Gasteiger partial charge in [-0.15, -0.1) is 0 Å². The predicted molar refractivity (Wildman–Crippen MR) is 54.8 cm³/mol. The first kappa shape index (κ1) is 10.5.